The molecule has 12 heteroatoms. The van der Waals surface area contributed by atoms with Gasteiger partial charge in [-0.15, -0.1) is 6.58 Å². The van der Waals surface area contributed by atoms with Crippen LogP contribution in [-0.2, 0) is 24.0 Å². The molecule has 0 saturated heterocycles. The number of carbonyl (C=O) groups is 5. The van der Waals surface area contributed by atoms with Crippen molar-refractivity contribution in [2.75, 3.05) is 24.5 Å². The number of benzene rings is 1. The van der Waals surface area contributed by atoms with Gasteiger partial charge in [-0.1, -0.05) is 131 Å². The Bertz CT molecular complexity index is 1800. The molecule has 0 saturated carbocycles. The largest absolute Gasteiger partial charge is 0.480 e. The van der Waals surface area contributed by atoms with Gasteiger partial charge in [0.15, 0.2) is 11.9 Å². The molecular weight excluding hydrogens is 725 g/mol. The number of anilines is 1. The summed E-state index contributed by atoms with van der Waals surface area (Å²) in [6.45, 7) is 2.60. The highest BCUT2D eigenvalue weighted by Crippen LogP contribution is 2.34. The molecule has 2 aliphatic rings. The van der Waals surface area contributed by atoms with Crippen molar-refractivity contribution >= 4 is 47.9 Å². The molecule has 2 atom stereocenters. The van der Waals surface area contributed by atoms with E-state index in [0.29, 0.717) is 4.90 Å². The van der Waals surface area contributed by atoms with E-state index in [-0.39, 0.29) is 18.2 Å². The first kappa shape index (κ1) is 45.4. The Morgan fingerprint density at radius 1 is 0.860 bits per heavy atom. The maximum absolute atomic E-state index is 13.4. The summed E-state index contributed by atoms with van der Waals surface area (Å²) >= 11 is 0. The quantitative estimate of drug-likeness (QED) is 0.00996. The molecule has 1 aliphatic heterocycles. The van der Waals surface area contributed by atoms with Gasteiger partial charge >= 0.3 is 17.9 Å². The van der Waals surface area contributed by atoms with Gasteiger partial charge in [-0.2, -0.15) is 5.26 Å². The summed E-state index contributed by atoms with van der Waals surface area (Å²) < 4.78 is 0. The number of nitrogens with zero attached hydrogens (tertiary/aromatic N) is 3. The topological polar surface area (TPSA) is 188 Å². The molecule has 12 nitrogen and oxygen atoms in total. The first-order valence-electron chi connectivity index (χ1n) is 19.9. The molecule has 4 N–H and O–H groups in total. The molecule has 3 rings (SSSR count). The fourth-order valence-electron chi connectivity index (χ4n) is 6.98. The van der Waals surface area contributed by atoms with Gasteiger partial charge in [0.05, 0.1) is 11.6 Å². The number of hydrogen-bond acceptors (Lipinski definition) is 8. The fraction of sp³-hybridized carbons (Fsp3) is 0.422. The lowest BCUT2D eigenvalue weighted by Gasteiger charge is -2.35. The van der Waals surface area contributed by atoms with E-state index in [1.54, 1.807) is 6.08 Å². The number of carbonyl (C=O) groups excluding carboxylic acids is 2. The average Bonchev–Trinajstić information content (AvgIpc) is 3.34. The smallest absolute Gasteiger partial charge is 0.350 e. The van der Waals surface area contributed by atoms with Gasteiger partial charge in [0.2, 0.25) is 0 Å². The first-order valence-corrected chi connectivity index (χ1v) is 19.9. The molecule has 2 unspecified atom stereocenters. The van der Waals surface area contributed by atoms with Crippen molar-refractivity contribution in [2.45, 2.75) is 95.9 Å². The first-order chi connectivity index (χ1) is 27.6. The maximum Gasteiger partial charge on any atom is 0.350 e. The van der Waals surface area contributed by atoms with Crippen molar-refractivity contribution in [3.05, 3.63) is 101 Å². The monoisotopic (exact) mass is 780 g/mol. The summed E-state index contributed by atoms with van der Waals surface area (Å²) in [5.74, 6) is -6.82. The molecule has 1 heterocycles. The van der Waals surface area contributed by atoms with Crippen molar-refractivity contribution in [1.29, 1.82) is 5.26 Å². The Balaban J connectivity index is 1.67. The van der Waals surface area contributed by atoms with Crippen LogP contribution in [-0.4, -0.2) is 76.0 Å². The number of carboxylic acid groups (broad SMARTS) is 3. The number of allylic oxidation sites excluding steroid dienone is 5. The lowest BCUT2D eigenvalue weighted by Crippen LogP contribution is -2.43. The third-order valence-electron chi connectivity index (χ3n) is 9.89. The van der Waals surface area contributed by atoms with E-state index in [1.807, 2.05) is 18.2 Å². The standard InChI is InChI=1S/C45H56N4O8/c1-2-3-4-5-6-7-8-9-10-11-12-13-14-15-18-28-48-39-23-17-16-21-35(39)25-26-36-29-34(24-27-40(36)48)20-19-22-37(33-50)44(55)49(32-42(53)54)43(47-31-41(51)52)38(30-46)45(56)57/h2,16-17,19-27,29,33,35,39,47H,1,3-15,18,28,31-32H2,(H,51,52)(H,53,54)(H,56,57)/b20-19+,37-22-,43-38-. The van der Waals surface area contributed by atoms with Crippen LogP contribution >= 0.6 is 0 Å². The van der Waals surface area contributed by atoms with Crippen molar-refractivity contribution < 1.29 is 39.3 Å². The minimum absolute atomic E-state index is 0.166. The van der Waals surface area contributed by atoms with Gasteiger partial charge in [-0.3, -0.25) is 24.1 Å². The Kier molecular flexibility index (Phi) is 20.1. The van der Waals surface area contributed by atoms with Gasteiger partial charge in [0.1, 0.15) is 25.0 Å². The molecule has 57 heavy (non-hydrogen) atoms. The molecule has 0 aromatic heterocycles. The minimum atomic E-state index is -1.83. The lowest BCUT2D eigenvalue weighted by atomic mass is 9.93. The number of aldehydes is 1. The van der Waals surface area contributed by atoms with Gasteiger partial charge < -0.3 is 25.5 Å². The van der Waals surface area contributed by atoms with Crippen LogP contribution in [0, 0.1) is 17.2 Å². The number of fused-ring (bicyclic) bond motifs is 2. The van der Waals surface area contributed by atoms with Gasteiger partial charge in [-0.05, 0) is 48.6 Å². The molecule has 1 aromatic carbocycles. The van der Waals surface area contributed by atoms with E-state index >= 15 is 0 Å². The number of carboxylic acids is 3. The zero-order valence-corrected chi connectivity index (χ0v) is 32.7. The van der Waals surface area contributed by atoms with Crippen LogP contribution in [0.2, 0.25) is 0 Å². The van der Waals surface area contributed by atoms with Gasteiger partial charge in [0.25, 0.3) is 5.91 Å². The second-order valence-electron chi connectivity index (χ2n) is 14.2. The zero-order chi connectivity index (χ0) is 41.4. The third-order valence-corrected chi connectivity index (χ3v) is 9.89. The highest BCUT2D eigenvalue weighted by atomic mass is 16.4. The van der Waals surface area contributed by atoms with Crippen LogP contribution in [0.3, 0.4) is 0 Å². The molecule has 0 bridgehead atoms. The van der Waals surface area contributed by atoms with E-state index in [0.717, 1.165) is 48.7 Å². The van der Waals surface area contributed by atoms with Crippen LogP contribution in [0.25, 0.3) is 12.2 Å². The van der Waals surface area contributed by atoms with Crippen LogP contribution in [0.15, 0.2) is 90.4 Å². The molecule has 304 valence electrons. The summed E-state index contributed by atoms with van der Waals surface area (Å²) in [5.41, 5.74) is 1.19. The van der Waals surface area contributed by atoms with Crippen molar-refractivity contribution in [3.8, 4) is 6.07 Å². The molecule has 0 spiro atoms. The zero-order valence-electron chi connectivity index (χ0n) is 32.7. The highest BCUT2D eigenvalue weighted by Gasteiger charge is 2.30. The Morgan fingerprint density at radius 2 is 1.49 bits per heavy atom. The number of rotatable bonds is 27. The van der Waals surface area contributed by atoms with Crippen molar-refractivity contribution in [1.82, 2.24) is 10.2 Å². The van der Waals surface area contributed by atoms with E-state index in [2.05, 4.69) is 59.3 Å². The van der Waals surface area contributed by atoms with Crippen molar-refractivity contribution in [3.63, 3.8) is 0 Å². The number of unbranched alkanes of at least 4 members (excludes halogenated alkanes) is 13. The number of aliphatic carboxylic acids is 3. The molecule has 0 radical (unpaired) electrons. The summed E-state index contributed by atoms with van der Waals surface area (Å²) in [5, 5.41) is 39.6. The number of nitrogens with one attached hydrogen (secondary N) is 1. The second-order valence-corrected chi connectivity index (χ2v) is 14.2. The van der Waals surface area contributed by atoms with Crippen LogP contribution < -0.4 is 10.2 Å². The number of nitriles is 1. The van der Waals surface area contributed by atoms with E-state index in [4.69, 9.17) is 5.11 Å². The second kappa shape index (κ2) is 25.2. The normalized spacial score (nSPS) is 16.2. The minimum Gasteiger partial charge on any atom is -0.480 e. The predicted molar refractivity (Wildman–Crippen MR) is 222 cm³/mol. The Hall–Kier alpha value is -5.96. The third kappa shape index (κ3) is 15.2. The summed E-state index contributed by atoms with van der Waals surface area (Å²) in [6.07, 6.45) is 37.0. The van der Waals surface area contributed by atoms with Crippen LogP contribution in [0.4, 0.5) is 5.69 Å². The molecule has 1 amide bonds. The molecule has 0 fully saturated rings. The predicted octanol–water partition coefficient (Wildman–Crippen LogP) is 7.82. The summed E-state index contributed by atoms with van der Waals surface area (Å²) in [6, 6.07) is 7.50. The van der Waals surface area contributed by atoms with E-state index in [9.17, 15) is 39.4 Å². The molecular formula is C45H56N4O8. The van der Waals surface area contributed by atoms with Gasteiger partial charge in [0, 0.05) is 18.2 Å². The van der Waals surface area contributed by atoms with Crippen LogP contribution in [0.5, 0.6) is 0 Å². The fourth-order valence-corrected chi connectivity index (χ4v) is 6.98. The summed E-state index contributed by atoms with van der Waals surface area (Å²) in [4.78, 5) is 62.8. The average molecular weight is 781 g/mol. The van der Waals surface area contributed by atoms with Crippen LogP contribution in [0.1, 0.15) is 101 Å². The lowest BCUT2D eigenvalue weighted by molar-refractivity contribution is -0.142. The summed E-state index contributed by atoms with van der Waals surface area (Å²) in [7, 11) is 0. The highest BCUT2D eigenvalue weighted by molar-refractivity contribution is 6.12. The van der Waals surface area contributed by atoms with Crippen molar-refractivity contribution in [2.24, 2.45) is 5.92 Å². The van der Waals surface area contributed by atoms with Gasteiger partial charge in [-0.25, -0.2) is 4.79 Å². The van der Waals surface area contributed by atoms with E-state index < -0.39 is 53.9 Å². The number of amides is 1. The van der Waals surface area contributed by atoms with E-state index in [1.165, 1.54) is 82.8 Å². The Morgan fingerprint density at radius 3 is 2.07 bits per heavy atom. The molecule has 1 aliphatic carbocycles. The molecule has 1 aromatic rings. The number of hydrogen-bond donors (Lipinski definition) is 4. The maximum atomic E-state index is 13.4. The Labute approximate surface area is 335 Å². The SMILES string of the molecule is C=CCCCCCCCCCCCCCCCN1c2ccc(/C=C/C=C(/C=O)C(=O)N(CC(=O)O)/C(NCC(=O)O)=C(/C#N)C(=O)O)cc2C=CC2C=CC=CC21.